The fourth-order valence-corrected chi connectivity index (χ4v) is 5.50. The Labute approximate surface area is 248 Å². The maximum absolute atomic E-state index is 12.0. The average molecular weight is 608 g/mol. The fraction of sp³-hybridized carbons (Fsp3) is 0.929. The lowest BCUT2D eigenvalue weighted by atomic mass is 9.92. The molecule has 0 radical (unpaired) electrons. The number of ketones is 1. The maximum atomic E-state index is 12.0. The number of ether oxygens (including phenoxy) is 2. The van der Waals surface area contributed by atoms with Crippen molar-refractivity contribution in [1.82, 2.24) is 15.5 Å². The molecule has 0 aromatic heterocycles. The molecule has 0 aromatic carbocycles. The minimum atomic E-state index is -1.41. The maximum Gasteiger partial charge on any atom is 0.220 e. The fourth-order valence-electron chi connectivity index (χ4n) is 5.50. The molecule has 0 aromatic rings. The molecule has 2 aliphatic rings. The minimum absolute atomic E-state index is 0.00999. The summed E-state index contributed by atoms with van der Waals surface area (Å²) in [4.78, 5) is 25.7. The van der Waals surface area contributed by atoms with Gasteiger partial charge in [0.2, 0.25) is 5.91 Å². The van der Waals surface area contributed by atoms with E-state index >= 15 is 0 Å². The normalized spacial score (nSPS) is 33.6. The highest BCUT2D eigenvalue weighted by molar-refractivity contribution is 5.87. The Bertz CT molecular complexity index is 792. The number of aliphatic hydroxyl groups excluding tert-OH is 7. The molecule has 2 fully saturated rings. The van der Waals surface area contributed by atoms with E-state index < -0.39 is 67.6 Å². The smallest absolute Gasteiger partial charge is 0.220 e. The number of rotatable bonds is 19. The zero-order chi connectivity index (χ0) is 31.2. The van der Waals surface area contributed by atoms with E-state index in [1.165, 1.54) is 0 Å². The van der Waals surface area contributed by atoms with Gasteiger partial charge in [-0.1, -0.05) is 6.42 Å². The van der Waals surface area contributed by atoms with Crippen LogP contribution < -0.4 is 10.6 Å². The van der Waals surface area contributed by atoms with Crippen molar-refractivity contribution in [3.8, 4) is 0 Å². The third kappa shape index (κ3) is 11.7. The van der Waals surface area contributed by atoms with Crippen LogP contribution in [0.3, 0.4) is 0 Å². The van der Waals surface area contributed by atoms with Crippen molar-refractivity contribution < 1.29 is 54.8 Å². The average Bonchev–Trinajstić information content (AvgIpc) is 2.97. The van der Waals surface area contributed by atoms with Gasteiger partial charge in [-0.15, -0.1) is 0 Å². The summed E-state index contributed by atoms with van der Waals surface area (Å²) in [5.41, 5.74) is 0. The van der Waals surface area contributed by atoms with Gasteiger partial charge in [0.05, 0.1) is 38.0 Å². The molecule has 0 unspecified atom stereocenters. The van der Waals surface area contributed by atoms with Crippen LogP contribution in [-0.2, 0) is 19.1 Å². The van der Waals surface area contributed by atoms with Crippen molar-refractivity contribution in [1.29, 1.82) is 0 Å². The van der Waals surface area contributed by atoms with Crippen LogP contribution in [0.15, 0.2) is 0 Å². The van der Waals surface area contributed by atoms with E-state index in [1.54, 1.807) is 14.0 Å². The highest BCUT2D eigenvalue weighted by atomic mass is 16.5. The molecule has 14 nitrogen and oxygen atoms in total. The third-order valence-electron chi connectivity index (χ3n) is 8.10. The van der Waals surface area contributed by atoms with Crippen LogP contribution in [0.5, 0.6) is 0 Å². The van der Waals surface area contributed by atoms with E-state index in [-0.39, 0.29) is 24.8 Å². The van der Waals surface area contributed by atoms with E-state index in [9.17, 15) is 45.3 Å². The SMILES string of the molecule is CNCC(=O)CNC(=O)CCCCCN(CCC[C@@H]1O[C@@H](C)[C@@H](O)[C@@H](O)[C@@H]1O)CCC[C@H]1O[C@H](CO)[C@@H](O)[C@H](O)[C@@H]1O. The third-order valence-corrected chi connectivity index (χ3v) is 8.10. The molecule has 10 atom stereocenters. The van der Waals surface area contributed by atoms with Gasteiger partial charge < -0.3 is 60.8 Å². The molecular weight excluding hydrogens is 554 g/mol. The number of Topliss-reactive ketones (excluding diaryl/α,β-unsaturated/α-hetero) is 1. The Morgan fingerprint density at radius 2 is 1.24 bits per heavy atom. The summed E-state index contributed by atoms with van der Waals surface area (Å²) in [6.07, 6.45) is -5.81. The summed E-state index contributed by atoms with van der Waals surface area (Å²) in [5.74, 6) is -0.250. The molecule has 0 aliphatic carbocycles. The number of carbonyl (C=O) groups is 2. The van der Waals surface area contributed by atoms with Gasteiger partial charge in [-0.2, -0.15) is 0 Å². The first-order valence-electron chi connectivity index (χ1n) is 15.2. The zero-order valence-electron chi connectivity index (χ0n) is 24.9. The second-order valence-electron chi connectivity index (χ2n) is 11.5. The van der Waals surface area contributed by atoms with E-state index in [4.69, 9.17) is 9.47 Å². The number of hydrogen-bond donors (Lipinski definition) is 9. The molecule has 2 rings (SSSR count). The van der Waals surface area contributed by atoms with Crippen LogP contribution in [0.2, 0.25) is 0 Å². The molecule has 2 saturated heterocycles. The Kier molecular flexibility index (Phi) is 16.8. The summed E-state index contributed by atoms with van der Waals surface area (Å²) >= 11 is 0. The van der Waals surface area contributed by atoms with E-state index in [1.807, 2.05) is 0 Å². The molecule has 0 spiro atoms. The van der Waals surface area contributed by atoms with Crippen molar-refractivity contribution in [2.75, 3.05) is 46.4 Å². The number of likely N-dealkylation sites (N-methyl/N-ethyl adjacent to an activating group) is 1. The van der Waals surface area contributed by atoms with Crippen LogP contribution in [0.4, 0.5) is 0 Å². The Morgan fingerprint density at radius 1 is 0.690 bits per heavy atom. The summed E-state index contributed by atoms with van der Waals surface area (Å²) in [5, 5.41) is 75.6. The molecule has 9 N–H and O–H groups in total. The minimum Gasteiger partial charge on any atom is -0.394 e. The molecule has 2 heterocycles. The van der Waals surface area contributed by atoms with Crippen LogP contribution in [0.1, 0.15) is 58.3 Å². The second kappa shape index (κ2) is 19.2. The van der Waals surface area contributed by atoms with Crippen molar-refractivity contribution in [2.45, 2.75) is 119 Å². The lowest BCUT2D eigenvalue weighted by Crippen LogP contribution is -2.58. The molecule has 14 heteroatoms. The topological polar surface area (TPSA) is 222 Å². The quantitative estimate of drug-likeness (QED) is 0.0670. The van der Waals surface area contributed by atoms with Crippen LogP contribution >= 0.6 is 0 Å². The van der Waals surface area contributed by atoms with Gasteiger partial charge in [0.15, 0.2) is 5.78 Å². The largest absolute Gasteiger partial charge is 0.394 e. The van der Waals surface area contributed by atoms with Crippen molar-refractivity contribution in [2.24, 2.45) is 0 Å². The standard InChI is InChI=1S/C28H53N3O11/c1-17-23(35)27(39)24(36)19(41-17)8-6-12-31(11-5-3-4-10-22(34)30-15-18(33)14-29-2)13-7-9-20-25(37)28(40)26(38)21(16-32)42-20/h17,19-21,23-29,32,35-40H,3-16H2,1-2H3,(H,30,34)/t17-,19-,20+,21+,23+,24+,25+,26+,27+,28+/m0/s1. The van der Waals surface area contributed by atoms with E-state index in [0.29, 0.717) is 51.6 Å². The van der Waals surface area contributed by atoms with Crippen molar-refractivity contribution >= 4 is 11.7 Å². The molecular formula is C28H53N3O11. The van der Waals surface area contributed by atoms with Crippen LogP contribution in [0.25, 0.3) is 0 Å². The number of hydrogen-bond acceptors (Lipinski definition) is 13. The highest BCUT2D eigenvalue weighted by Gasteiger charge is 2.43. The summed E-state index contributed by atoms with van der Waals surface area (Å²) < 4.78 is 11.3. The number of carbonyl (C=O) groups excluding carboxylic acids is 2. The van der Waals surface area contributed by atoms with Gasteiger partial charge in [0.25, 0.3) is 0 Å². The summed E-state index contributed by atoms with van der Waals surface area (Å²) in [7, 11) is 1.67. The van der Waals surface area contributed by atoms with Gasteiger partial charge in [-0.05, 0) is 72.1 Å². The van der Waals surface area contributed by atoms with Gasteiger partial charge >= 0.3 is 0 Å². The predicted molar refractivity (Wildman–Crippen MR) is 151 cm³/mol. The van der Waals surface area contributed by atoms with Gasteiger partial charge in [-0.3, -0.25) is 9.59 Å². The van der Waals surface area contributed by atoms with E-state index in [0.717, 1.165) is 19.4 Å². The van der Waals surface area contributed by atoms with E-state index in [2.05, 4.69) is 15.5 Å². The molecule has 246 valence electrons. The Morgan fingerprint density at radius 3 is 1.83 bits per heavy atom. The lowest BCUT2D eigenvalue weighted by molar-refractivity contribution is -0.230. The summed E-state index contributed by atoms with van der Waals surface area (Å²) in [6, 6.07) is 0. The van der Waals surface area contributed by atoms with Crippen molar-refractivity contribution in [3.05, 3.63) is 0 Å². The monoisotopic (exact) mass is 607 g/mol. The second-order valence-corrected chi connectivity index (χ2v) is 11.5. The summed E-state index contributed by atoms with van der Waals surface area (Å²) in [6.45, 7) is 3.41. The molecule has 42 heavy (non-hydrogen) atoms. The van der Waals surface area contributed by atoms with Crippen LogP contribution in [0, 0.1) is 0 Å². The first kappa shape index (κ1) is 36.9. The number of nitrogens with one attached hydrogen (secondary N) is 2. The predicted octanol–water partition coefficient (Wildman–Crippen LogP) is -2.97. The Hall–Kier alpha value is -1.30. The Balaban J connectivity index is 1.82. The number of aliphatic hydroxyl groups is 7. The molecule has 0 saturated carbocycles. The van der Waals surface area contributed by atoms with Gasteiger partial charge in [-0.25, -0.2) is 0 Å². The van der Waals surface area contributed by atoms with Gasteiger partial charge in [0.1, 0.15) is 42.7 Å². The first-order valence-corrected chi connectivity index (χ1v) is 15.2. The van der Waals surface area contributed by atoms with Crippen LogP contribution in [-0.4, -0.2) is 160 Å². The highest BCUT2D eigenvalue weighted by Crippen LogP contribution is 2.25. The molecule has 0 bridgehead atoms. The zero-order valence-corrected chi connectivity index (χ0v) is 24.9. The van der Waals surface area contributed by atoms with Gasteiger partial charge in [0, 0.05) is 6.42 Å². The molecule has 1 amide bonds. The lowest BCUT2D eigenvalue weighted by Gasteiger charge is -2.40. The number of nitrogens with zero attached hydrogens (tertiary/aromatic N) is 1. The number of unbranched alkanes of at least 4 members (excludes halogenated alkanes) is 2. The first-order chi connectivity index (χ1) is 20.0. The van der Waals surface area contributed by atoms with Crippen molar-refractivity contribution in [3.63, 3.8) is 0 Å². The molecule has 2 aliphatic heterocycles. The number of amides is 1.